The molecule has 1 atom stereocenters. The number of para-hydroxylation sites is 1. The average molecular weight is 681 g/mol. The number of hydrogen-bond acceptors (Lipinski definition) is 8. The lowest BCUT2D eigenvalue weighted by molar-refractivity contribution is -0.138. The van der Waals surface area contributed by atoms with E-state index in [-0.39, 0.29) is 17.7 Å². The van der Waals surface area contributed by atoms with Crippen LogP contribution in [-0.2, 0) is 16.1 Å². The molecule has 0 unspecified atom stereocenters. The number of nitriles is 1. The van der Waals surface area contributed by atoms with Crippen LogP contribution in [0.2, 0.25) is 0 Å². The second-order valence-electron chi connectivity index (χ2n) is 11.6. The Morgan fingerprint density at radius 2 is 1.70 bits per heavy atom. The first-order chi connectivity index (χ1) is 24.4. The Morgan fingerprint density at radius 1 is 0.960 bits per heavy atom. The first-order valence-electron chi connectivity index (χ1n) is 16.0. The molecule has 0 fully saturated rings. The van der Waals surface area contributed by atoms with Gasteiger partial charge in [0.25, 0.3) is 5.56 Å². The maximum absolute atomic E-state index is 14.6. The summed E-state index contributed by atoms with van der Waals surface area (Å²) in [5.41, 5.74) is 5.31. The van der Waals surface area contributed by atoms with E-state index in [0.717, 1.165) is 27.6 Å². The zero-order valence-electron chi connectivity index (χ0n) is 27.6. The van der Waals surface area contributed by atoms with Crippen LogP contribution in [0.4, 0.5) is 0 Å². The second-order valence-corrected chi connectivity index (χ2v) is 12.6. The molecule has 0 aliphatic carbocycles. The van der Waals surface area contributed by atoms with E-state index < -0.39 is 12.0 Å². The number of hydrogen-bond donors (Lipinski definition) is 0. The van der Waals surface area contributed by atoms with E-state index in [1.165, 1.54) is 11.3 Å². The number of ether oxygens (including phenoxy) is 3. The molecule has 6 aromatic rings. The minimum atomic E-state index is -0.861. The lowest BCUT2D eigenvalue weighted by atomic mass is 9.93. The monoisotopic (exact) mass is 680 g/mol. The van der Waals surface area contributed by atoms with Crippen LogP contribution in [0.3, 0.4) is 0 Å². The molecule has 10 heteroatoms. The Morgan fingerprint density at radius 3 is 2.42 bits per heavy atom. The number of methoxy groups -OCH3 is 2. The van der Waals surface area contributed by atoms with Gasteiger partial charge in [-0.2, -0.15) is 5.26 Å². The van der Waals surface area contributed by atoms with Gasteiger partial charge in [0.15, 0.2) is 16.3 Å². The predicted octanol–water partition coefficient (Wildman–Crippen LogP) is 5.83. The van der Waals surface area contributed by atoms with Gasteiger partial charge >= 0.3 is 5.97 Å². The van der Waals surface area contributed by atoms with Gasteiger partial charge in [0.2, 0.25) is 0 Å². The summed E-state index contributed by atoms with van der Waals surface area (Å²) in [6.07, 6.45) is 3.93. The van der Waals surface area contributed by atoms with Gasteiger partial charge in [-0.1, -0.05) is 78.1 Å². The number of carbonyl (C=O) groups excluding carboxylic acids is 1. The van der Waals surface area contributed by atoms with Crippen molar-refractivity contribution in [2.24, 2.45) is 4.99 Å². The van der Waals surface area contributed by atoms with Crippen LogP contribution in [0, 0.1) is 11.3 Å². The van der Waals surface area contributed by atoms with E-state index in [2.05, 4.69) is 10.6 Å². The highest BCUT2D eigenvalue weighted by molar-refractivity contribution is 7.07. The molecule has 1 aliphatic rings. The molecular formula is C40H32N4O5S. The summed E-state index contributed by atoms with van der Waals surface area (Å²) in [5, 5.41) is 10.2. The topological polar surface area (TPSA) is 108 Å². The van der Waals surface area contributed by atoms with E-state index in [1.807, 2.05) is 97.2 Å². The number of nitrogens with zero attached hydrogens (tertiary/aromatic N) is 4. The van der Waals surface area contributed by atoms with Crippen LogP contribution < -0.4 is 24.4 Å². The first-order valence-corrected chi connectivity index (χ1v) is 16.8. The normalized spacial score (nSPS) is 14.2. The standard InChI is InChI=1S/C40H32N4O5S/c1-4-49-39(46)35-36(27-10-6-5-7-11-27)42-40-44(37(35)28-18-19-32(47-2)33(20-28)48-3)38(45)34(50-40)21-29-24-43(31-13-9-8-12-30(29)31)23-26-16-14-25(22-41)15-17-26/h5-21,24,37H,4,23H2,1-3H3/b34-21-/t37-/m0/s1. The molecule has 7 rings (SSSR count). The van der Waals surface area contributed by atoms with Crippen molar-refractivity contribution in [1.82, 2.24) is 9.13 Å². The molecule has 0 bridgehead atoms. The predicted molar refractivity (Wildman–Crippen MR) is 193 cm³/mol. The highest BCUT2D eigenvalue weighted by atomic mass is 32.1. The molecule has 0 amide bonds. The molecule has 0 saturated carbocycles. The SMILES string of the molecule is CCOC(=O)C1=C(c2ccccc2)N=c2s/c(=C\c3cn(Cc4ccc(C#N)cc4)c4ccccc34)c(=O)n2[C@H]1c1ccc(OC)c(OC)c1. The van der Waals surface area contributed by atoms with E-state index in [0.29, 0.717) is 44.2 Å². The molecule has 248 valence electrons. The summed E-state index contributed by atoms with van der Waals surface area (Å²) in [5.74, 6) is 0.421. The van der Waals surface area contributed by atoms with Crippen molar-refractivity contribution in [3.05, 3.63) is 156 Å². The Hall–Kier alpha value is -6.18. The fourth-order valence-electron chi connectivity index (χ4n) is 6.32. The summed E-state index contributed by atoms with van der Waals surface area (Å²) in [7, 11) is 3.10. The average Bonchev–Trinajstić information content (AvgIpc) is 3.66. The number of esters is 1. The van der Waals surface area contributed by atoms with E-state index >= 15 is 0 Å². The zero-order chi connectivity index (χ0) is 34.8. The third-order valence-electron chi connectivity index (χ3n) is 8.64. The maximum atomic E-state index is 14.6. The van der Waals surface area contributed by atoms with Crippen LogP contribution in [0.15, 0.2) is 119 Å². The number of rotatable bonds is 9. The number of carbonyl (C=O) groups is 1. The number of aromatic nitrogens is 2. The van der Waals surface area contributed by atoms with E-state index in [1.54, 1.807) is 37.8 Å². The Kier molecular flexibility index (Phi) is 8.90. The fourth-order valence-corrected chi connectivity index (χ4v) is 7.31. The Bertz CT molecular complexity index is 2500. The summed E-state index contributed by atoms with van der Waals surface area (Å²) in [6, 6.07) is 31.7. The molecule has 1 aliphatic heterocycles. The summed E-state index contributed by atoms with van der Waals surface area (Å²) < 4.78 is 20.9. The third-order valence-corrected chi connectivity index (χ3v) is 9.62. The van der Waals surface area contributed by atoms with Gasteiger partial charge in [0, 0.05) is 34.8 Å². The van der Waals surface area contributed by atoms with Gasteiger partial charge in [-0.25, -0.2) is 9.79 Å². The molecule has 0 N–H and O–H groups in total. The van der Waals surface area contributed by atoms with Crippen LogP contribution in [-0.4, -0.2) is 35.9 Å². The van der Waals surface area contributed by atoms with Crippen LogP contribution >= 0.6 is 11.3 Å². The largest absolute Gasteiger partial charge is 0.493 e. The van der Waals surface area contributed by atoms with Crippen molar-refractivity contribution in [2.75, 3.05) is 20.8 Å². The quantitative estimate of drug-likeness (QED) is 0.178. The van der Waals surface area contributed by atoms with Gasteiger partial charge in [-0.15, -0.1) is 0 Å². The van der Waals surface area contributed by atoms with Crippen molar-refractivity contribution in [1.29, 1.82) is 5.26 Å². The molecule has 50 heavy (non-hydrogen) atoms. The number of fused-ring (bicyclic) bond motifs is 2. The van der Waals surface area contributed by atoms with E-state index in [9.17, 15) is 14.9 Å². The fraction of sp³-hybridized carbons (Fsp3) is 0.150. The zero-order valence-corrected chi connectivity index (χ0v) is 28.4. The van der Waals surface area contributed by atoms with Crippen LogP contribution in [0.5, 0.6) is 11.5 Å². The summed E-state index contributed by atoms with van der Waals surface area (Å²) >= 11 is 1.27. The minimum Gasteiger partial charge on any atom is -0.493 e. The minimum absolute atomic E-state index is 0.153. The van der Waals surface area contributed by atoms with Gasteiger partial charge in [0.05, 0.1) is 54.3 Å². The molecule has 4 aromatic carbocycles. The van der Waals surface area contributed by atoms with Crippen molar-refractivity contribution in [2.45, 2.75) is 19.5 Å². The highest BCUT2D eigenvalue weighted by Crippen LogP contribution is 2.38. The van der Waals surface area contributed by atoms with Gasteiger partial charge in [-0.3, -0.25) is 9.36 Å². The Balaban J connectivity index is 1.45. The molecule has 0 saturated heterocycles. The van der Waals surface area contributed by atoms with Gasteiger partial charge in [-0.05, 0) is 54.5 Å². The van der Waals surface area contributed by atoms with Crippen molar-refractivity contribution < 1.29 is 19.0 Å². The summed E-state index contributed by atoms with van der Waals surface area (Å²) in [4.78, 5) is 33.8. The highest BCUT2D eigenvalue weighted by Gasteiger charge is 2.35. The smallest absolute Gasteiger partial charge is 0.338 e. The van der Waals surface area contributed by atoms with Crippen molar-refractivity contribution in [3.63, 3.8) is 0 Å². The molecule has 3 heterocycles. The van der Waals surface area contributed by atoms with Crippen molar-refractivity contribution in [3.8, 4) is 17.6 Å². The maximum Gasteiger partial charge on any atom is 0.338 e. The molecular weight excluding hydrogens is 649 g/mol. The summed E-state index contributed by atoms with van der Waals surface area (Å²) in [6.45, 7) is 2.49. The van der Waals surface area contributed by atoms with Crippen molar-refractivity contribution >= 4 is 40.0 Å². The first kappa shape index (κ1) is 32.4. The molecule has 0 spiro atoms. The Labute approximate surface area is 291 Å². The lowest BCUT2D eigenvalue weighted by Crippen LogP contribution is -2.40. The number of benzene rings is 4. The van der Waals surface area contributed by atoms with Gasteiger partial charge < -0.3 is 18.8 Å². The number of thiazole rings is 1. The molecule has 9 nitrogen and oxygen atoms in total. The molecule has 0 radical (unpaired) electrons. The lowest BCUT2D eigenvalue weighted by Gasteiger charge is -2.26. The second kappa shape index (κ2) is 13.7. The van der Waals surface area contributed by atoms with Crippen LogP contribution in [0.1, 0.15) is 40.8 Å². The van der Waals surface area contributed by atoms with E-state index in [4.69, 9.17) is 19.2 Å². The van der Waals surface area contributed by atoms with Crippen LogP contribution in [0.25, 0.3) is 22.7 Å². The molecule has 2 aromatic heterocycles. The third kappa shape index (κ3) is 5.88. The van der Waals surface area contributed by atoms with Gasteiger partial charge in [0.1, 0.15) is 0 Å².